The largest absolute Gasteiger partial charge is 0.421 e. The zero-order chi connectivity index (χ0) is 23.6. The Kier molecular flexibility index (Phi) is 6.52. The first-order chi connectivity index (χ1) is 15.7. The summed E-state index contributed by atoms with van der Waals surface area (Å²) in [5, 5.41) is 5.79. The number of piperazine rings is 1. The Morgan fingerprint density at radius 3 is 2.48 bits per heavy atom. The van der Waals surface area contributed by atoms with Crippen molar-refractivity contribution in [2.75, 3.05) is 42.5 Å². The Morgan fingerprint density at radius 1 is 1.12 bits per heavy atom. The first-order valence-corrected chi connectivity index (χ1v) is 11.0. The van der Waals surface area contributed by atoms with Crippen LogP contribution in [0, 0.1) is 6.92 Å². The maximum absolute atomic E-state index is 13.2. The molecular formula is C21H26F3N7O2. The van der Waals surface area contributed by atoms with Gasteiger partial charge in [0.1, 0.15) is 11.4 Å². The first kappa shape index (κ1) is 23.0. The fourth-order valence-corrected chi connectivity index (χ4v) is 4.30. The van der Waals surface area contributed by atoms with Gasteiger partial charge in [0.05, 0.1) is 0 Å². The Bertz CT molecular complexity index is 1030. The zero-order valence-electron chi connectivity index (χ0n) is 18.3. The minimum atomic E-state index is -4.77. The van der Waals surface area contributed by atoms with E-state index < -0.39 is 17.3 Å². The molecule has 2 aliphatic heterocycles. The number of carbonyl (C=O) groups excluding carboxylic acids is 1. The van der Waals surface area contributed by atoms with Gasteiger partial charge in [-0.3, -0.25) is 9.59 Å². The lowest BCUT2D eigenvalue weighted by Gasteiger charge is -2.39. The number of aromatic amines is 1. The van der Waals surface area contributed by atoms with Gasteiger partial charge in [-0.15, -0.1) is 0 Å². The fraction of sp³-hybridized carbons (Fsp3) is 0.571. The molecule has 2 saturated heterocycles. The zero-order valence-corrected chi connectivity index (χ0v) is 18.3. The quantitative estimate of drug-likeness (QED) is 0.737. The average Bonchev–Trinajstić information content (AvgIpc) is 2.80. The summed E-state index contributed by atoms with van der Waals surface area (Å²) in [6, 6.07) is 0.506. The number of piperidine rings is 1. The monoisotopic (exact) mass is 465 g/mol. The van der Waals surface area contributed by atoms with Gasteiger partial charge in [-0.25, -0.2) is 15.1 Å². The van der Waals surface area contributed by atoms with Crippen LogP contribution >= 0.6 is 0 Å². The highest BCUT2D eigenvalue weighted by atomic mass is 19.4. The lowest BCUT2D eigenvalue weighted by Crippen LogP contribution is -2.51. The van der Waals surface area contributed by atoms with Crippen molar-refractivity contribution in [3.8, 4) is 0 Å². The summed E-state index contributed by atoms with van der Waals surface area (Å²) in [6.07, 6.45) is 1.26. The molecule has 0 unspecified atom stereocenters. The number of amides is 1. The molecule has 1 N–H and O–H groups in total. The smallest absolute Gasteiger partial charge is 0.352 e. The second-order valence-electron chi connectivity index (χ2n) is 8.44. The Hall–Kier alpha value is -3.18. The van der Waals surface area contributed by atoms with Gasteiger partial charge < -0.3 is 14.7 Å². The Labute approximate surface area is 188 Å². The molecule has 4 heterocycles. The van der Waals surface area contributed by atoms with Crippen molar-refractivity contribution in [3.63, 3.8) is 0 Å². The van der Waals surface area contributed by atoms with E-state index in [-0.39, 0.29) is 24.2 Å². The SMILES string of the molecule is Cc1cnc(N2CCN(C(=O)C[C@@H]3CCCCN3c3cc(C(F)(F)F)c(=O)[nH]n3)CC2)nc1. The number of nitrogens with one attached hydrogen (secondary N) is 1. The number of aryl methyl sites for hydroxylation is 1. The minimum absolute atomic E-state index is 0.0424. The Balaban J connectivity index is 1.41. The number of H-pyrrole nitrogens is 1. The molecule has 2 aromatic rings. The van der Waals surface area contributed by atoms with Crippen LogP contribution in [-0.4, -0.2) is 69.7 Å². The number of carbonyl (C=O) groups is 1. The number of aromatic nitrogens is 4. The van der Waals surface area contributed by atoms with Crippen molar-refractivity contribution >= 4 is 17.7 Å². The molecule has 0 aromatic carbocycles. The summed E-state index contributed by atoms with van der Waals surface area (Å²) in [6.45, 7) is 4.67. The van der Waals surface area contributed by atoms with Crippen LogP contribution in [0.4, 0.5) is 24.9 Å². The topological polar surface area (TPSA) is 98.3 Å². The summed E-state index contributed by atoms with van der Waals surface area (Å²) in [7, 11) is 0. The predicted molar refractivity (Wildman–Crippen MR) is 115 cm³/mol. The molecule has 4 rings (SSSR count). The summed E-state index contributed by atoms with van der Waals surface area (Å²) in [4.78, 5) is 38.8. The second-order valence-corrected chi connectivity index (χ2v) is 8.44. The number of halogens is 3. The summed E-state index contributed by atoms with van der Waals surface area (Å²) in [5.74, 6) is 0.633. The van der Waals surface area contributed by atoms with Gasteiger partial charge in [0.2, 0.25) is 11.9 Å². The lowest BCUT2D eigenvalue weighted by molar-refractivity contribution is -0.138. The molecule has 1 atom stereocenters. The third-order valence-corrected chi connectivity index (χ3v) is 6.11. The van der Waals surface area contributed by atoms with Crippen LogP contribution in [0.5, 0.6) is 0 Å². The number of anilines is 2. The van der Waals surface area contributed by atoms with Gasteiger partial charge >= 0.3 is 6.18 Å². The third kappa shape index (κ3) is 5.25. The molecule has 178 valence electrons. The molecule has 2 fully saturated rings. The molecule has 2 aliphatic rings. The average molecular weight is 465 g/mol. The van der Waals surface area contributed by atoms with Crippen LogP contribution in [0.15, 0.2) is 23.3 Å². The molecule has 33 heavy (non-hydrogen) atoms. The van der Waals surface area contributed by atoms with Crippen LogP contribution in [0.1, 0.15) is 36.8 Å². The van der Waals surface area contributed by atoms with Crippen molar-refractivity contribution in [2.24, 2.45) is 0 Å². The van der Waals surface area contributed by atoms with E-state index in [9.17, 15) is 22.8 Å². The molecule has 0 saturated carbocycles. The van der Waals surface area contributed by atoms with Crippen LogP contribution in [0.2, 0.25) is 0 Å². The van der Waals surface area contributed by atoms with Crippen molar-refractivity contribution < 1.29 is 18.0 Å². The van der Waals surface area contributed by atoms with E-state index in [1.165, 1.54) is 0 Å². The highest BCUT2D eigenvalue weighted by molar-refractivity contribution is 5.77. The van der Waals surface area contributed by atoms with Crippen molar-refractivity contribution in [3.05, 3.63) is 39.9 Å². The lowest BCUT2D eigenvalue weighted by atomic mass is 9.98. The van der Waals surface area contributed by atoms with Gasteiger partial charge in [-0.1, -0.05) is 0 Å². The fourth-order valence-electron chi connectivity index (χ4n) is 4.30. The maximum atomic E-state index is 13.2. The molecule has 0 bridgehead atoms. The van der Waals surface area contributed by atoms with Crippen molar-refractivity contribution in [1.29, 1.82) is 0 Å². The minimum Gasteiger partial charge on any atom is -0.352 e. The first-order valence-electron chi connectivity index (χ1n) is 11.0. The number of alkyl halides is 3. The van der Waals surface area contributed by atoms with E-state index in [1.807, 2.05) is 16.9 Å². The second kappa shape index (κ2) is 9.36. The van der Waals surface area contributed by atoms with Crippen LogP contribution < -0.4 is 15.4 Å². The molecular weight excluding hydrogens is 439 g/mol. The molecule has 2 aromatic heterocycles. The summed E-state index contributed by atoms with van der Waals surface area (Å²) < 4.78 is 39.5. The Morgan fingerprint density at radius 2 is 1.82 bits per heavy atom. The highest BCUT2D eigenvalue weighted by Crippen LogP contribution is 2.30. The predicted octanol–water partition coefficient (Wildman–Crippen LogP) is 1.98. The van der Waals surface area contributed by atoms with Gasteiger partial charge in [0.25, 0.3) is 5.56 Å². The van der Waals surface area contributed by atoms with E-state index in [4.69, 9.17) is 0 Å². The number of hydrogen-bond donors (Lipinski definition) is 1. The maximum Gasteiger partial charge on any atom is 0.421 e. The molecule has 0 spiro atoms. The van der Waals surface area contributed by atoms with Crippen LogP contribution in [0.25, 0.3) is 0 Å². The van der Waals surface area contributed by atoms with Crippen molar-refractivity contribution in [2.45, 2.75) is 44.8 Å². The van der Waals surface area contributed by atoms with Gasteiger partial charge in [0.15, 0.2) is 0 Å². The molecule has 0 radical (unpaired) electrons. The van der Waals surface area contributed by atoms with E-state index >= 15 is 0 Å². The van der Waals surface area contributed by atoms with E-state index in [2.05, 4.69) is 15.1 Å². The summed E-state index contributed by atoms with van der Waals surface area (Å²) in [5.41, 5.74) is -1.58. The van der Waals surface area contributed by atoms with Gasteiger partial charge in [0, 0.05) is 63.6 Å². The molecule has 12 heteroatoms. The van der Waals surface area contributed by atoms with Gasteiger partial charge in [-0.2, -0.15) is 18.3 Å². The number of hydrogen-bond acceptors (Lipinski definition) is 7. The normalized spacial score (nSPS) is 19.6. The summed E-state index contributed by atoms with van der Waals surface area (Å²) >= 11 is 0. The van der Waals surface area contributed by atoms with Crippen molar-refractivity contribution in [1.82, 2.24) is 25.1 Å². The van der Waals surface area contributed by atoms with E-state index in [0.717, 1.165) is 24.5 Å². The van der Waals surface area contributed by atoms with E-state index in [0.29, 0.717) is 45.1 Å². The molecule has 9 nitrogen and oxygen atoms in total. The number of nitrogens with zero attached hydrogens (tertiary/aromatic N) is 6. The third-order valence-electron chi connectivity index (χ3n) is 6.11. The molecule has 0 aliphatic carbocycles. The highest BCUT2D eigenvalue weighted by Gasteiger charge is 2.36. The molecule has 1 amide bonds. The van der Waals surface area contributed by atoms with E-state index in [1.54, 1.807) is 22.2 Å². The van der Waals surface area contributed by atoms with Crippen LogP contribution in [-0.2, 0) is 11.0 Å². The number of rotatable bonds is 4. The van der Waals surface area contributed by atoms with Gasteiger partial charge in [-0.05, 0) is 31.7 Å². The standard InChI is InChI=1S/C21H26F3N7O2/c1-14-12-25-20(26-13-14)30-8-6-29(7-9-30)18(32)10-15-4-2-3-5-31(15)17-11-16(21(22,23)24)19(33)28-27-17/h11-13,15H,2-10H2,1H3,(H,28,33)/t15-/m0/s1. The van der Waals surface area contributed by atoms with Crippen LogP contribution in [0.3, 0.4) is 0 Å².